The maximum Gasteiger partial charge on any atom is 0.278 e. The molecule has 0 radical (unpaired) electrons. The van der Waals surface area contributed by atoms with Crippen LogP contribution in [0.5, 0.6) is 0 Å². The number of anilines is 1. The standard InChI is InChI=1S/C12H17N5OS/c13-5-4-10-14-9(8-19-10)11-15-12(16-18-11)17-6-2-1-3-7-17/h8H,1-7,13H2. The summed E-state index contributed by atoms with van der Waals surface area (Å²) in [7, 11) is 0. The second-order valence-electron chi connectivity index (χ2n) is 4.61. The van der Waals surface area contributed by atoms with Crippen LogP contribution in [0, 0.1) is 0 Å². The highest BCUT2D eigenvalue weighted by atomic mass is 32.1. The van der Waals surface area contributed by atoms with Gasteiger partial charge in [0.1, 0.15) is 5.69 Å². The van der Waals surface area contributed by atoms with Gasteiger partial charge in [-0.05, 0) is 31.0 Å². The maximum atomic E-state index is 5.52. The van der Waals surface area contributed by atoms with Crippen molar-refractivity contribution >= 4 is 17.3 Å². The molecule has 3 rings (SSSR count). The van der Waals surface area contributed by atoms with E-state index in [1.807, 2.05) is 5.38 Å². The summed E-state index contributed by atoms with van der Waals surface area (Å²) in [5, 5.41) is 7.00. The zero-order chi connectivity index (χ0) is 13.1. The molecule has 7 heteroatoms. The second-order valence-corrected chi connectivity index (χ2v) is 5.56. The van der Waals surface area contributed by atoms with E-state index in [0.29, 0.717) is 18.4 Å². The Labute approximate surface area is 115 Å². The van der Waals surface area contributed by atoms with Crippen LogP contribution in [0.1, 0.15) is 24.3 Å². The first-order valence-corrected chi connectivity index (χ1v) is 7.48. The molecule has 102 valence electrons. The van der Waals surface area contributed by atoms with Gasteiger partial charge in [0.05, 0.1) is 5.01 Å². The smallest absolute Gasteiger partial charge is 0.278 e. The minimum absolute atomic E-state index is 0.500. The molecule has 0 atom stereocenters. The molecule has 1 aliphatic heterocycles. The predicted molar refractivity (Wildman–Crippen MR) is 74.2 cm³/mol. The number of rotatable bonds is 4. The summed E-state index contributed by atoms with van der Waals surface area (Å²) >= 11 is 1.58. The molecule has 0 bridgehead atoms. The van der Waals surface area contributed by atoms with Crippen molar-refractivity contribution in [3.8, 4) is 11.6 Å². The van der Waals surface area contributed by atoms with E-state index in [9.17, 15) is 0 Å². The molecule has 0 spiro atoms. The van der Waals surface area contributed by atoms with Gasteiger partial charge in [0.25, 0.3) is 11.8 Å². The van der Waals surface area contributed by atoms with E-state index < -0.39 is 0 Å². The average molecular weight is 279 g/mol. The molecular weight excluding hydrogens is 262 g/mol. The molecule has 2 aromatic heterocycles. The van der Waals surface area contributed by atoms with Gasteiger partial charge < -0.3 is 15.2 Å². The van der Waals surface area contributed by atoms with Crippen molar-refractivity contribution in [2.45, 2.75) is 25.7 Å². The third-order valence-corrected chi connectivity index (χ3v) is 4.09. The molecular formula is C12H17N5OS. The Balaban J connectivity index is 1.75. The molecule has 1 saturated heterocycles. The number of piperidine rings is 1. The Morgan fingerprint density at radius 1 is 1.26 bits per heavy atom. The van der Waals surface area contributed by atoms with Crippen LogP contribution in [0.3, 0.4) is 0 Å². The van der Waals surface area contributed by atoms with E-state index in [1.54, 1.807) is 11.3 Å². The Morgan fingerprint density at radius 2 is 2.11 bits per heavy atom. The SMILES string of the molecule is NCCc1nc(-c2nc(N3CCCCC3)no2)cs1. The molecule has 0 unspecified atom stereocenters. The minimum Gasteiger partial charge on any atom is -0.338 e. The van der Waals surface area contributed by atoms with Crippen molar-refractivity contribution in [1.29, 1.82) is 0 Å². The summed E-state index contributed by atoms with van der Waals surface area (Å²) in [6, 6.07) is 0. The Kier molecular flexibility index (Phi) is 3.74. The van der Waals surface area contributed by atoms with Gasteiger partial charge in [-0.3, -0.25) is 0 Å². The molecule has 0 aliphatic carbocycles. The van der Waals surface area contributed by atoms with Crippen molar-refractivity contribution in [2.75, 3.05) is 24.5 Å². The summed E-state index contributed by atoms with van der Waals surface area (Å²) in [6.45, 7) is 2.62. The number of hydrogen-bond donors (Lipinski definition) is 1. The summed E-state index contributed by atoms with van der Waals surface area (Å²) in [5.74, 6) is 1.18. The van der Waals surface area contributed by atoms with Gasteiger partial charge in [0.2, 0.25) is 0 Å². The van der Waals surface area contributed by atoms with Crippen LogP contribution < -0.4 is 10.6 Å². The number of thiazole rings is 1. The number of aromatic nitrogens is 3. The van der Waals surface area contributed by atoms with Crippen LogP contribution in [-0.4, -0.2) is 34.8 Å². The molecule has 2 aromatic rings. The first kappa shape index (κ1) is 12.6. The van der Waals surface area contributed by atoms with Crippen LogP contribution >= 0.6 is 11.3 Å². The molecule has 2 N–H and O–H groups in total. The third kappa shape index (κ3) is 2.76. The fraction of sp³-hybridized carbons (Fsp3) is 0.583. The van der Waals surface area contributed by atoms with E-state index in [1.165, 1.54) is 19.3 Å². The second kappa shape index (κ2) is 5.66. The van der Waals surface area contributed by atoms with Crippen LogP contribution in [0.25, 0.3) is 11.6 Å². The van der Waals surface area contributed by atoms with Gasteiger partial charge in [0, 0.05) is 24.9 Å². The van der Waals surface area contributed by atoms with E-state index in [4.69, 9.17) is 10.3 Å². The summed E-state index contributed by atoms with van der Waals surface area (Å²) in [5.41, 5.74) is 6.27. The molecule has 3 heterocycles. The third-order valence-electron chi connectivity index (χ3n) is 3.18. The first-order valence-electron chi connectivity index (χ1n) is 6.60. The van der Waals surface area contributed by atoms with Crippen molar-refractivity contribution in [1.82, 2.24) is 15.1 Å². The lowest BCUT2D eigenvalue weighted by Gasteiger charge is -2.24. The van der Waals surface area contributed by atoms with Gasteiger partial charge in [0.15, 0.2) is 0 Å². The van der Waals surface area contributed by atoms with Gasteiger partial charge in [-0.15, -0.1) is 11.3 Å². The van der Waals surface area contributed by atoms with Crippen LogP contribution in [-0.2, 0) is 6.42 Å². The number of hydrogen-bond acceptors (Lipinski definition) is 7. The Morgan fingerprint density at radius 3 is 2.89 bits per heavy atom. The fourth-order valence-electron chi connectivity index (χ4n) is 2.19. The highest BCUT2D eigenvalue weighted by molar-refractivity contribution is 7.09. The minimum atomic E-state index is 0.500. The van der Waals surface area contributed by atoms with Crippen LogP contribution in [0.2, 0.25) is 0 Å². The number of nitrogens with two attached hydrogens (primary N) is 1. The highest BCUT2D eigenvalue weighted by Gasteiger charge is 2.18. The van der Waals surface area contributed by atoms with E-state index in [-0.39, 0.29) is 0 Å². The average Bonchev–Trinajstić information content (AvgIpc) is 3.08. The lowest BCUT2D eigenvalue weighted by atomic mass is 10.1. The topological polar surface area (TPSA) is 81.1 Å². The quantitative estimate of drug-likeness (QED) is 0.917. The molecule has 1 aliphatic rings. The molecule has 19 heavy (non-hydrogen) atoms. The van der Waals surface area contributed by atoms with Crippen molar-refractivity contribution < 1.29 is 4.52 Å². The highest BCUT2D eigenvalue weighted by Crippen LogP contribution is 2.23. The Hall–Kier alpha value is -1.47. The Bertz CT molecular complexity index is 532. The zero-order valence-electron chi connectivity index (χ0n) is 10.7. The van der Waals surface area contributed by atoms with Crippen LogP contribution in [0.15, 0.2) is 9.90 Å². The monoisotopic (exact) mass is 279 g/mol. The maximum absolute atomic E-state index is 5.52. The summed E-state index contributed by atoms with van der Waals surface area (Å²) in [6.07, 6.45) is 4.47. The van der Waals surface area contributed by atoms with Crippen LogP contribution in [0.4, 0.5) is 5.95 Å². The lowest BCUT2D eigenvalue weighted by Crippen LogP contribution is -2.30. The van der Waals surface area contributed by atoms with E-state index >= 15 is 0 Å². The summed E-state index contributed by atoms with van der Waals surface area (Å²) < 4.78 is 5.31. The zero-order valence-corrected chi connectivity index (χ0v) is 11.5. The largest absolute Gasteiger partial charge is 0.338 e. The van der Waals surface area contributed by atoms with Crippen molar-refractivity contribution in [3.63, 3.8) is 0 Å². The lowest BCUT2D eigenvalue weighted by molar-refractivity contribution is 0.425. The van der Waals surface area contributed by atoms with Gasteiger partial charge in [-0.2, -0.15) is 4.98 Å². The molecule has 0 amide bonds. The van der Waals surface area contributed by atoms with Gasteiger partial charge >= 0.3 is 0 Å². The molecule has 6 nitrogen and oxygen atoms in total. The first-order chi connectivity index (χ1) is 9.36. The predicted octanol–water partition coefficient (Wildman–Crippen LogP) is 1.68. The van der Waals surface area contributed by atoms with Crippen molar-refractivity contribution in [3.05, 3.63) is 10.4 Å². The van der Waals surface area contributed by atoms with E-state index in [2.05, 4.69) is 20.0 Å². The van der Waals surface area contributed by atoms with Crippen molar-refractivity contribution in [2.24, 2.45) is 5.73 Å². The summed E-state index contributed by atoms with van der Waals surface area (Å²) in [4.78, 5) is 11.1. The molecule has 0 aromatic carbocycles. The van der Waals surface area contributed by atoms with E-state index in [0.717, 1.165) is 30.2 Å². The van der Waals surface area contributed by atoms with Gasteiger partial charge in [-0.1, -0.05) is 0 Å². The number of nitrogens with zero attached hydrogens (tertiary/aromatic N) is 4. The normalized spacial score (nSPS) is 15.9. The fourth-order valence-corrected chi connectivity index (χ4v) is 2.98. The van der Waals surface area contributed by atoms with Gasteiger partial charge in [-0.25, -0.2) is 4.98 Å². The molecule has 0 saturated carbocycles. The molecule has 1 fully saturated rings.